The third kappa shape index (κ3) is 4.35. The molecule has 1 unspecified atom stereocenters. The van der Waals surface area contributed by atoms with Crippen LogP contribution in [0.4, 0.5) is 0 Å². The zero-order valence-corrected chi connectivity index (χ0v) is 15.9. The van der Waals surface area contributed by atoms with Gasteiger partial charge in [-0.3, -0.25) is 9.36 Å². The molecule has 2 aliphatic heterocycles. The van der Waals surface area contributed by atoms with Gasteiger partial charge in [0.05, 0.1) is 12.7 Å². The molecule has 3 rings (SSSR count). The van der Waals surface area contributed by atoms with Crippen molar-refractivity contribution in [3.05, 3.63) is 16.3 Å². The molecule has 0 bridgehead atoms. The van der Waals surface area contributed by atoms with Crippen molar-refractivity contribution in [2.24, 2.45) is 7.05 Å². The van der Waals surface area contributed by atoms with E-state index in [-0.39, 0.29) is 30.2 Å². The van der Waals surface area contributed by atoms with Crippen LogP contribution in [0.3, 0.4) is 0 Å². The highest BCUT2D eigenvalue weighted by atomic mass is 16.5. The van der Waals surface area contributed by atoms with Crippen molar-refractivity contribution in [2.45, 2.75) is 57.6 Å². The Kier molecular flexibility index (Phi) is 6.48. The first-order valence-electron chi connectivity index (χ1n) is 9.71. The molecule has 8 nitrogen and oxygen atoms in total. The number of aromatic nitrogens is 3. The van der Waals surface area contributed by atoms with Gasteiger partial charge in [0.15, 0.2) is 0 Å². The number of likely N-dealkylation sites (tertiary alicyclic amines) is 1. The summed E-state index contributed by atoms with van der Waals surface area (Å²) in [5.41, 5.74) is -0.0701. The van der Waals surface area contributed by atoms with E-state index >= 15 is 0 Å². The fraction of sp³-hybridized carbons (Fsp3) is 0.833. The summed E-state index contributed by atoms with van der Waals surface area (Å²) in [5, 5.41) is 4.40. The van der Waals surface area contributed by atoms with Crippen LogP contribution in [0.5, 0.6) is 0 Å². The minimum atomic E-state index is -0.0701. The number of carbonyl (C=O) groups excluding carboxylic acids is 1. The van der Waals surface area contributed by atoms with Gasteiger partial charge in [0.2, 0.25) is 5.91 Å². The SMILES string of the molecule is CCn1c(C2CCN(C(=O)COCC3CCCCO3)CC2)nn(C)c1=O. The van der Waals surface area contributed by atoms with Crippen molar-refractivity contribution in [1.82, 2.24) is 19.2 Å². The smallest absolute Gasteiger partial charge is 0.345 e. The van der Waals surface area contributed by atoms with Gasteiger partial charge in [-0.15, -0.1) is 0 Å². The lowest BCUT2D eigenvalue weighted by atomic mass is 9.96. The van der Waals surface area contributed by atoms with Crippen LogP contribution < -0.4 is 5.69 Å². The molecule has 0 aromatic carbocycles. The van der Waals surface area contributed by atoms with Gasteiger partial charge in [-0.05, 0) is 39.0 Å². The van der Waals surface area contributed by atoms with Gasteiger partial charge in [-0.1, -0.05) is 0 Å². The third-order valence-electron chi connectivity index (χ3n) is 5.37. The lowest BCUT2D eigenvalue weighted by Gasteiger charge is -2.31. The quantitative estimate of drug-likeness (QED) is 0.747. The zero-order chi connectivity index (χ0) is 18.5. The van der Waals surface area contributed by atoms with Gasteiger partial charge >= 0.3 is 5.69 Å². The van der Waals surface area contributed by atoms with E-state index in [4.69, 9.17) is 9.47 Å². The topological polar surface area (TPSA) is 78.6 Å². The van der Waals surface area contributed by atoms with Crippen LogP contribution in [0, 0.1) is 0 Å². The van der Waals surface area contributed by atoms with Crippen LogP contribution in [0.2, 0.25) is 0 Å². The lowest BCUT2D eigenvalue weighted by molar-refractivity contribution is -0.139. The molecule has 3 heterocycles. The van der Waals surface area contributed by atoms with Crippen LogP contribution in [0.15, 0.2) is 4.79 Å². The molecule has 1 amide bonds. The van der Waals surface area contributed by atoms with E-state index in [0.717, 1.165) is 38.1 Å². The van der Waals surface area contributed by atoms with Crippen LogP contribution >= 0.6 is 0 Å². The minimum Gasteiger partial charge on any atom is -0.376 e. The summed E-state index contributed by atoms with van der Waals surface area (Å²) in [6, 6.07) is 0. The van der Waals surface area contributed by atoms with Crippen molar-refractivity contribution in [2.75, 3.05) is 32.9 Å². The summed E-state index contributed by atoms with van der Waals surface area (Å²) in [6.07, 6.45) is 5.10. The van der Waals surface area contributed by atoms with Crippen LogP contribution in [0.1, 0.15) is 50.8 Å². The number of piperidine rings is 1. The monoisotopic (exact) mass is 366 g/mol. The highest BCUT2D eigenvalue weighted by molar-refractivity contribution is 5.77. The second kappa shape index (κ2) is 8.81. The summed E-state index contributed by atoms with van der Waals surface area (Å²) >= 11 is 0. The van der Waals surface area contributed by atoms with E-state index in [9.17, 15) is 9.59 Å². The van der Waals surface area contributed by atoms with E-state index in [1.165, 1.54) is 11.1 Å². The van der Waals surface area contributed by atoms with Crippen LogP contribution in [0.25, 0.3) is 0 Å². The van der Waals surface area contributed by atoms with Gasteiger partial charge < -0.3 is 14.4 Å². The fourth-order valence-electron chi connectivity index (χ4n) is 3.82. The molecule has 0 saturated carbocycles. The predicted molar refractivity (Wildman–Crippen MR) is 96.1 cm³/mol. The summed E-state index contributed by atoms with van der Waals surface area (Å²) < 4.78 is 14.3. The average Bonchev–Trinajstić information content (AvgIpc) is 2.97. The Morgan fingerprint density at radius 3 is 2.69 bits per heavy atom. The molecule has 2 fully saturated rings. The largest absolute Gasteiger partial charge is 0.376 e. The maximum absolute atomic E-state index is 12.3. The maximum atomic E-state index is 12.3. The number of ether oxygens (including phenoxy) is 2. The summed E-state index contributed by atoms with van der Waals surface area (Å²) in [4.78, 5) is 26.3. The number of rotatable bonds is 6. The number of hydrogen-bond acceptors (Lipinski definition) is 5. The van der Waals surface area contributed by atoms with Gasteiger partial charge in [0.25, 0.3) is 0 Å². The van der Waals surface area contributed by atoms with E-state index in [0.29, 0.717) is 26.2 Å². The predicted octanol–water partition coefficient (Wildman–Crippen LogP) is 0.893. The van der Waals surface area contributed by atoms with Crippen molar-refractivity contribution in [3.8, 4) is 0 Å². The Labute approximate surface area is 154 Å². The molecular formula is C18H30N4O4. The Hall–Kier alpha value is -1.67. The number of amides is 1. The fourth-order valence-corrected chi connectivity index (χ4v) is 3.82. The highest BCUT2D eigenvalue weighted by Gasteiger charge is 2.28. The number of aryl methyl sites for hydroxylation is 1. The second-order valence-corrected chi connectivity index (χ2v) is 7.17. The number of hydrogen-bond donors (Lipinski definition) is 0. The molecule has 26 heavy (non-hydrogen) atoms. The minimum absolute atomic E-state index is 0.0353. The molecule has 2 aliphatic rings. The van der Waals surface area contributed by atoms with Gasteiger partial charge in [0.1, 0.15) is 12.4 Å². The summed E-state index contributed by atoms with van der Waals surface area (Å²) in [6.45, 7) is 5.36. The average molecular weight is 366 g/mol. The molecule has 0 aliphatic carbocycles. The van der Waals surface area contributed by atoms with E-state index in [2.05, 4.69) is 5.10 Å². The van der Waals surface area contributed by atoms with E-state index in [1.807, 2.05) is 11.8 Å². The molecule has 1 aromatic heterocycles. The molecule has 8 heteroatoms. The second-order valence-electron chi connectivity index (χ2n) is 7.17. The van der Waals surface area contributed by atoms with E-state index < -0.39 is 0 Å². The number of nitrogens with zero attached hydrogens (tertiary/aromatic N) is 4. The third-order valence-corrected chi connectivity index (χ3v) is 5.37. The first kappa shape index (κ1) is 19.1. The number of carbonyl (C=O) groups is 1. The summed E-state index contributed by atoms with van der Waals surface area (Å²) in [7, 11) is 1.68. The molecular weight excluding hydrogens is 336 g/mol. The standard InChI is InChI=1S/C18H30N4O4/c1-3-22-17(19-20(2)18(22)24)14-7-9-21(10-8-14)16(23)13-25-12-15-6-4-5-11-26-15/h14-15H,3-13H2,1-2H3. The van der Waals surface area contributed by atoms with Crippen molar-refractivity contribution in [3.63, 3.8) is 0 Å². The molecule has 1 aromatic rings. The molecule has 1 atom stereocenters. The Balaban J connectivity index is 1.45. The molecule has 0 N–H and O–H groups in total. The molecule has 146 valence electrons. The molecule has 0 radical (unpaired) electrons. The Morgan fingerprint density at radius 1 is 1.27 bits per heavy atom. The van der Waals surface area contributed by atoms with Gasteiger partial charge in [-0.25, -0.2) is 9.48 Å². The van der Waals surface area contributed by atoms with Crippen molar-refractivity contribution in [1.29, 1.82) is 0 Å². The highest BCUT2D eigenvalue weighted by Crippen LogP contribution is 2.26. The first-order chi connectivity index (χ1) is 12.6. The van der Waals surface area contributed by atoms with Gasteiger partial charge in [-0.2, -0.15) is 5.10 Å². The van der Waals surface area contributed by atoms with Gasteiger partial charge in [0, 0.05) is 39.2 Å². The summed E-state index contributed by atoms with van der Waals surface area (Å²) in [5.74, 6) is 1.11. The lowest BCUT2D eigenvalue weighted by Crippen LogP contribution is -2.41. The Bertz CT molecular complexity index is 655. The zero-order valence-electron chi connectivity index (χ0n) is 15.9. The van der Waals surface area contributed by atoms with E-state index in [1.54, 1.807) is 11.6 Å². The first-order valence-corrected chi connectivity index (χ1v) is 9.71. The Morgan fingerprint density at radius 2 is 2.04 bits per heavy atom. The normalized spacial score (nSPS) is 21.9. The van der Waals surface area contributed by atoms with Crippen LogP contribution in [-0.4, -0.2) is 64.2 Å². The van der Waals surface area contributed by atoms with Crippen molar-refractivity contribution < 1.29 is 14.3 Å². The molecule has 2 saturated heterocycles. The van der Waals surface area contributed by atoms with Crippen LogP contribution in [-0.2, 0) is 27.9 Å². The van der Waals surface area contributed by atoms with Crippen molar-refractivity contribution >= 4 is 5.91 Å². The molecule has 0 spiro atoms. The maximum Gasteiger partial charge on any atom is 0.345 e.